The lowest BCUT2D eigenvalue weighted by molar-refractivity contribution is 0.436. The summed E-state index contributed by atoms with van der Waals surface area (Å²) in [6, 6.07) is 10.0. The molecule has 4 rings (SSSR count). The third kappa shape index (κ3) is 2.89. The number of rotatable bonds is 3. The predicted molar refractivity (Wildman–Crippen MR) is 100 cm³/mol. The smallest absolute Gasteiger partial charge is 0.267 e. The van der Waals surface area contributed by atoms with Gasteiger partial charge >= 0.3 is 0 Å². The molecular weight excluding hydrogens is 372 g/mol. The van der Waals surface area contributed by atoms with Crippen LogP contribution in [0.4, 0.5) is 14.5 Å². The monoisotopic (exact) mass is 383 g/mol. The molecule has 0 saturated heterocycles. The first-order valence-corrected chi connectivity index (χ1v) is 8.70. The average molecular weight is 383 g/mol. The largest absolute Gasteiger partial charge is 0.494 e. The van der Waals surface area contributed by atoms with E-state index >= 15 is 0 Å². The molecule has 2 aromatic heterocycles. The third-order valence-electron chi connectivity index (χ3n) is 3.97. The van der Waals surface area contributed by atoms with E-state index in [2.05, 4.69) is 9.98 Å². The summed E-state index contributed by atoms with van der Waals surface area (Å²) in [5.74, 6) is -2.07. The molecule has 0 fully saturated rings. The van der Waals surface area contributed by atoms with Crippen LogP contribution in [0.15, 0.2) is 63.8 Å². The molecule has 2 aromatic carbocycles. The van der Waals surface area contributed by atoms with E-state index in [1.807, 2.05) is 0 Å². The second-order valence-electron chi connectivity index (χ2n) is 5.57. The summed E-state index contributed by atoms with van der Waals surface area (Å²) in [5, 5.41) is 13.4. The quantitative estimate of drug-likeness (QED) is 0.540. The van der Waals surface area contributed by atoms with Crippen LogP contribution in [0.2, 0.25) is 0 Å². The van der Waals surface area contributed by atoms with Gasteiger partial charge in [0.15, 0.2) is 16.8 Å². The van der Waals surface area contributed by atoms with E-state index in [1.54, 1.807) is 29.6 Å². The zero-order chi connectivity index (χ0) is 19.0. The van der Waals surface area contributed by atoms with Gasteiger partial charge in [-0.25, -0.2) is 23.3 Å². The minimum absolute atomic E-state index is 0.156. The maximum atomic E-state index is 13.9. The number of benzene rings is 2. The molecule has 0 radical (unpaired) electrons. The van der Waals surface area contributed by atoms with Crippen molar-refractivity contribution in [3.63, 3.8) is 0 Å². The van der Waals surface area contributed by atoms with Gasteiger partial charge in [-0.1, -0.05) is 24.3 Å². The van der Waals surface area contributed by atoms with Crippen LogP contribution in [0.3, 0.4) is 0 Å². The SMILES string of the molecule is O=c1c2ccccc2c(C=Nc2c(F)cccc2F)c(O)n1-c1nccs1. The van der Waals surface area contributed by atoms with Crippen LogP contribution in [0, 0.1) is 11.6 Å². The molecule has 0 amide bonds. The summed E-state index contributed by atoms with van der Waals surface area (Å²) in [4.78, 5) is 20.7. The van der Waals surface area contributed by atoms with Crippen LogP contribution in [0.5, 0.6) is 5.88 Å². The van der Waals surface area contributed by atoms with Gasteiger partial charge in [0.1, 0.15) is 5.69 Å². The highest BCUT2D eigenvalue weighted by Gasteiger charge is 2.18. The van der Waals surface area contributed by atoms with Crippen LogP contribution in [-0.4, -0.2) is 20.9 Å². The van der Waals surface area contributed by atoms with Gasteiger partial charge in [0.25, 0.3) is 5.56 Å². The summed E-state index contributed by atoms with van der Waals surface area (Å²) >= 11 is 1.17. The summed E-state index contributed by atoms with van der Waals surface area (Å²) in [6.07, 6.45) is 2.65. The number of pyridine rings is 1. The van der Waals surface area contributed by atoms with Crippen molar-refractivity contribution in [1.29, 1.82) is 0 Å². The Hall–Kier alpha value is -3.39. The summed E-state index contributed by atoms with van der Waals surface area (Å²) in [7, 11) is 0. The van der Waals surface area contributed by atoms with Gasteiger partial charge in [0.05, 0.1) is 5.56 Å². The first-order chi connectivity index (χ1) is 13.1. The number of para-hydroxylation sites is 1. The number of fused-ring (bicyclic) bond motifs is 1. The topological polar surface area (TPSA) is 67.5 Å². The van der Waals surface area contributed by atoms with Crippen molar-refractivity contribution in [1.82, 2.24) is 9.55 Å². The Bertz CT molecular complexity index is 1210. The van der Waals surface area contributed by atoms with E-state index in [9.17, 15) is 18.7 Å². The van der Waals surface area contributed by atoms with Crippen molar-refractivity contribution >= 4 is 34.0 Å². The fourth-order valence-electron chi connectivity index (χ4n) is 2.73. The van der Waals surface area contributed by atoms with Gasteiger partial charge in [0, 0.05) is 28.6 Å². The number of nitrogens with zero attached hydrogens (tertiary/aromatic N) is 3. The van der Waals surface area contributed by atoms with Crippen molar-refractivity contribution < 1.29 is 13.9 Å². The zero-order valence-electron chi connectivity index (χ0n) is 13.6. The van der Waals surface area contributed by atoms with Crippen LogP contribution < -0.4 is 5.56 Å². The molecule has 0 aliphatic heterocycles. The molecule has 0 atom stereocenters. The molecule has 134 valence electrons. The maximum absolute atomic E-state index is 13.9. The summed E-state index contributed by atoms with van der Waals surface area (Å²) in [5.41, 5.74) is -0.775. The number of hydrogen-bond acceptors (Lipinski definition) is 5. The highest BCUT2D eigenvalue weighted by Crippen LogP contribution is 2.28. The highest BCUT2D eigenvalue weighted by molar-refractivity contribution is 7.12. The van der Waals surface area contributed by atoms with Gasteiger partial charge in [0.2, 0.25) is 5.88 Å². The molecule has 0 aliphatic carbocycles. The third-order valence-corrected chi connectivity index (χ3v) is 4.73. The van der Waals surface area contributed by atoms with E-state index in [-0.39, 0.29) is 10.7 Å². The van der Waals surface area contributed by atoms with Gasteiger partial charge in [-0.05, 0) is 18.2 Å². The van der Waals surface area contributed by atoms with Gasteiger partial charge in [-0.3, -0.25) is 4.79 Å². The van der Waals surface area contributed by atoms with E-state index in [0.29, 0.717) is 10.8 Å². The number of thiazole rings is 1. The molecule has 0 saturated carbocycles. The summed E-state index contributed by atoms with van der Waals surface area (Å²) in [6.45, 7) is 0. The second kappa shape index (κ2) is 6.73. The lowest BCUT2D eigenvalue weighted by Crippen LogP contribution is -2.19. The Morgan fingerprint density at radius 2 is 1.78 bits per heavy atom. The number of aliphatic imine (C=N–C) groups is 1. The van der Waals surface area contributed by atoms with E-state index < -0.39 is 28.8 Å². The Balaban J connectivity index is 2.00. The highest BCUT2D eigenvalue weighted by atomic mass is 32.1. The lowest BCUT2D eigenvalue weighted by atomic mass is 10.1. The maximum Gasteiger partial charge on any atom is 0.267 e. The molecule has 5 nitrogen and oxygen atoms in total. The van der Waals surface area contributed by atoms with E-state index in [1.165, 1.54) is 23.6 Å². The Kier molecular flexibility index (Phi) is 4.25. The average Bonchev–Trinajstić information content (AvgIpc) is 3.18. The van der Waals surface area contributed by atoms with Crippen molar-refractivity contribution in [2.24, 2.45) is 4.99 Å². The molecule has 4 aromatic rings. The van der Waals surface area contributed by atoms with Gasteiger partial charge < -0.3 is 5.11 Å². The predicted octanol–water partition coefficient (Wildman–Crippen LogP) is 4.18. The van der Waals surface area contributed by atoms with Gasteiger partial charge in [-0.2, -0.15) is 0 Å². The van der Waals surface area contributed by atoms with Crippen LogP contribution in [0.25, 0.3) is 15.9 Å². The van der Waals surface area contributed by atoms with E-state index in [4.69, 9.17) is 0 Å². The van der Waals surface area contributed by atoms with Crippen LogP contribution in [0.1, 0.15) is 5.56 Å². The van der Waals surface area contributed by atoms with Crippen molar-refractivity contribution in [3.8, 4) is 11.0 Å². The first-order valence-electron chi connectivity index (χ1n) is 7.82. The van der Waals surface area contributed by atoms with Crippen LogP contribution in [-0.2, 0) is 0 Å². The minimum atomic E-state index is -0.830. The van der Waals surface area contributed by atoms with Crippen molar-refractivity contribution in [3.05, 3.63) is 81.6 Å². The Morgan fingerprint density at radius 1 is 1.07 bits per heavy atom. The number of aromatic hydroxyl groups is 1. The fourth-order valence-corrected chi connectivity index (χ4v) is 3.37. The number of halogens is 2. The van der Waals surface area contributed by atoms with Gasteiger partial charge in [-0.15, -0.1) is 11.3 Å². The van der Waals surface area contributed by atoms with E-state index in [0.717, 1.165) is 22.9 Å². The normalized spacial score (nSPS) is 11.5. The van der Waals surface area contributed by atoms with Crippen molar-refractivity contribution in [2.75, 3.05) is 0 Å². The molecule has 2 heterocycles. The minimum Gasteiger partial charge on any atom is -0.494 e. The molecule has 8 heteroatoms. The molecule has 1 N–H and O–H groups in total. The standard InChI is InChI=1S/C19H11F2N3O2S/c20-14-6-3-7-15(21)16(14)23-10-13-11-4-1-2-5-12(11)17(25)24(18(13)26)19-22-8-9-27-19/h1-10,26H. The molecule has 0 spiro atoms. The Morgan fingerprint density at radius 3 is 2.44 bits per heavy atom. The first kappa shape index (κ1) is 17.0. The Labute approximate surface area is 155 Å². The zero-order valence-corrected chi connectivity index (χ0v) is 14.5. The molecule has 0 aliphatic rings. The molecule has 27 heavy (non-hydrogen) atoms. The fraction of sp³-hybridized carbons (Fsp3) is 0. The van der Waals surface area contributed by atoms with Crippen LogP contribution >= 0.6 is 11.3 Å². The number of hydrogen-bond donors (Lipinski definition) is 1. The lowest BCUT2D eigenvalue weighted by Gasteiger charge is -2.11. The molecular formula is C19H11F2N3O2S. The van der Waals surface area contributed by atoms with Crippen molar-refractivity contribution in [2.45, 2.75) is 0 Å². The molecule has 0 unspecified atom stereocenters. The second-order valence-corrected chi connectivity index (χ2v) is 6.44. The number of aromatic nitrogens is 2. The molecule has 0 bridgehead atoms. The summed E-state index contributed by atoms with van der Waals surface area (Å²) < 4.78 is 28.8.